The van der Waals surface area contributed by atoms with Crippen LogP contribution in [0.5, 0.6) is 11.5 Å². The van der Waals surface area contributed by atoms with Crippen LogP contribution in [0.25, 0.3) is 0 Å². The maximum absolute atomic E-state index is 13.7. The normalized spacial score (nSPS) is 20.9. The molecule has 4 bridgehead atoms. The second kappa shape index (κ2) is 12.6. The molecule has 1 N–H and O–H groups in total. The third-order valence-corrected chi connectivity index (χ3v) is 9.00. The molecular formula is C31H34N4O6S. The van der Waals surface area contributed by atoms with Crippen molar-refractivity contribution in [3.63, 3.8) is 0 Å². The number of thiophene rings is 1. The number of benzene rings is 1. The van der Waals surface area contributed by atoms with Gasteiger partial charge in [0.05, 0.1) is 48.5 Å². The molecular weight excluding hydrogens is 556 g/mol. The van der Waals surface area contributed by atoms with E-state index in [0.29, 0.717) is 30.2 Å². The van der Waals surface area contributed by atoms with Gasteiger partial charge in [-0.1, -0.05) is 12.1 Å². The minimum absolute atomic E-state index is 0.0153. The average molecular weight is 591 g/mol. The van der Waals surface area contributed by atoms with Gasteiger partial charge in [-0.2, -0.15) is 0 Å². The van der Waals surface area contributed by atoms with Crippen LogP contribution in [0.15, 0.2) is 48.1 Å². The number of rotatable bonds is 4. The Hall–Kier alpha value is -3.80. The van der Waals surface area contributed by atoms with Gasteiger partial charge in [-0.3, -0.25) is 19.4 Å². The molecule has 0 radical (unpaired) electrons. The lowest BCUT2D eigenvalue weighted by atomic mass is 9.94. The van der Waals surface area contributed by atoms with Crippen LogP contribution in [0.2, 0.25) is 0 Å². The predicted molar refractivity (Wildman–Crippen MR) is 156 cm³/mol. The van der Waals surface area contributed by atoms with Crippen molar-refractivity contribution in [2.75, 3.05) is 39.9 Å². The smallest absolute Gasteiger partial charge is 0.264 e. The lowest BCUT2D eigenvalue weighted by Crippen LogP contribution is -2.49. The lowest BCUT2D eigenvalue weighted by Gasteiger charge is -2.25. The fourth-order valence-corrected chi connectivity index (χ4v) is 6.91. The fraction of sp³-hybridized carbons (Fsp3) is 0.419. The number of nitrogens with one attached hydrogen (secondary N) is 1. The van der Waals surface area contributed by atoms with Crippen molar-refractivity contribution in [3.05, 3.63) is 75.2 Å². The summed E-state index contributed by atoms with van der Waals surface area (Å²) in [5, 5.41) is 5.18. The van der Waals surface area contributed by atoms with Crippen LogP contribution in [-0.4, -0.2) is 84.5 Å². The summed E-state index contributed by atoms with van der Waals surface area (Å²) in [6.07, 6.45) is 6.76. The SMILES string of the molecule is COCCN1CC(=O)N[C@H]2CN(C(=O)c3scc4c3CCCC4)C[C@@H]2OCc2cccc(c2)Oc2cncc(c2)C1=O. The first-order valence-corrected chi connectivity index (χ1v) is 15.2. The highest BCUT2D eigenvalue weighted by Crippen LogP contribution is 2.32. The van der Waals surface area contributed by atoms with E-state index < -0.39 is 12.1 Å². The molecule has 6 rings (SSSR count). The molecule has 2 atom stereocenters. The zero-order valence-corrected chi connectivity index (χ0v) is 24.4. The van der Waals surface area contributed by atoms with Crippen molar-refractivity contribution in [2.45, 2.75) is 44.4 Å². The number of likely N-dealkylation sites (tertiary alicyclic amines) is 1. The lowest BCUT2D eigenvalue weighted by molar-refractivity contribution is -0.123. The topological polar surface area (TPSA) is 110 Å². The van der Waals surface area contributed by atoms with Crippen molar-refractivity contribution in [3.8, 4) is 11.5 Å². The number of hydrogen-bond donors (Lipinski definition) is 1. The molecule has 2 aromatic heterocycles. The molecule has 42 heavy (non-hydrogen) atoms. The standard InChI is InChI=1S/C31H34N4O6S/c1-39-10-9-34-17-28(36)33-26-15-35(31(38)29-25-8-3-2-6-21(25)19-42-29)16-27(26)40-18-20-5-4-7-23(11-20)41-24-12-22(30(34)37)13-32-14-24/h4-5,7,11-14,19,26-27H,2-3,6,8-10,15-18H2,1H3,(H,33,36)/t26-,27-/m0/s1. The number of amides is 3. The molecule has 3 aromatic rings. The molecule has 10 nitrogen and oxygen atoms in total. The number of fused-ring (bicyclic) bond motifs is 6. The number of pyridine rings is 1. The number of methoxy groups -OCH3 is 1. The Labute approximate surface area is 248 Å². The summed E-state index contributed by atoms with van der Waals surface area (Å²) in [5.74, 6) is 0.276. The number of ether oxygens (including phenoxy) is 3. The molecule has 1 fully saturated rings. The van der Waals surface area contributed by atoms with Crippen LogP contribution >= 0.6 is 11.3 Å². The Balaban J connectivity index is 1.28. The molecule has 0 saturated carbocycles. The molecule has 220 valence electrons. The molecule has 11 heteroatoms. The van der Waals surface area contributed by atoms with Gasteiger partial charge >= 0.3 is 0 Å². The summed E-state index contributed by atoms with van der Waals surface area (Å²) in [6, 6.07) is 8.68. The number of aryl methyl sites for hydroxylation is 1. The molecule has 0 spiro atoms. The van der Waals surface area contributed by atoms with Gasteiger partial charge in [-0.15, -0.1) is 11.3 Å². The van der Waals surface area contributed by atoms with E-state index in [1.54, 1.807) is 18.1 Å². The number of carbonyl (C=O) groups is 3. The third kappa shape index (κ3) is 6.18. The summed E-state index contributed by atoms with van der Waals surface area (Å²) in [7, 11) is 1.54. The number of hydrogen-bond acceptors (Lipinski definition) is 8. The highest BCUT2D eigenvalue weighted by atomic mass is 32.1. The van der Waals surface area contributed by atoms with E-state index in [1.807, 2.05) is 24.3 Å². The largest absolute Gasteiger partial charge is 0.456 e. The quantitative estimate of drug-likeness (QED) is 0.496. The average Bonchev–Trinajstić information content (AvgIpc) is 3.62. The van der Waals surface area contributed by atoms with Crippen molar-refractivity contribution < 1.29 is 28.6 Å². The van der Waals surface area contributed by atoms with Gasteiger partial charge in [0.25, 0.3) is 11.8 Å². The molecule has 3 amide bonds. The summed E-state index contributed by atoms with van der Waals surface area (Å²) < 4.78 is 17.6. The summed E-state index contributed by atoms with van der Waals surface area (Å²) in [6.45, 7) is 1.26. The van der Waals surface area contributed by atoms with Crippen molar-refractivity contribution in [1.29, 1.82) is 0 Å². The minimum atomic E-state index is -0.436. The van der Waals surface area contributed by atoms with E-state index >= 15 is 0 Å². The molecule has 3 aliphatic rings. The second-order valence-electron chi connectivity index (χ2n) is 10.9. The van der Waals surface area contributed by atoms with E-state index in [1.165, 1.54) is 39.8 Å². The van der Waals surface area contributed by atoms with E-state index in [4.69, 9.17) is 14.2 Å². The second-order valence-corrected chi connectivity index (χ2v) is 11.8. The number of nitrogens with zero attached hydrogens (tertiary/aromatic N) is 3. The molecule has 4 heterocycles. The molecule has 1 aromatic carbocycles. The monoisotopic (exact) mass is 590 g/mol. The van der Waals surface area contributed by atoms with E-state index in [0.717, 1.165) is 36.1 Å². The van der Waals surface area contributed by atoms with Gasteiger partial charge in [-0.25, -0.2) is 0 Å². The van der Waals surface area contributed by atoms with Crippen LogP contribution in [0, 0.1) is 0 Å². The Morgan fingerprint density at radius 3 is 2.90 bits per heavy atom. The predicted octanol–water partition coefficient (Wildman–Crippen LogP) is 3.44. The highest BCUT2D eigenvalue weighted by molar-refractivity contribution is 7.12. The Kier molecular flexibility index (Phi) is 8.50. The van der Waals surface area contributed by atoms with Gasteiger partial charge in [0.15, 0.2) is 0 Å². The molecule has 1 saturated heterocycles. The first kappa shape index (κ1) is 28.3. The van der Waals surface area contributed by atoms with Gasteiger partial charge in [0, 0.05) is 32.9 Å². The summed E-state index contributed by atoms with van der Waals surface area (Å²) in [4.78, 5) is 48.7. The van der Waals surface area contributed by atoms with Gasteiger partial charge < -0.3 is 29.3 Å². The van der Waals surface area contributed by atoms with E-state index in [-0.39, 0.29) is 44.0 Å². The van der Waals surface area contributed by atoms with Crippen molar-refractivity contribution in [1.82, 2.24) is 20.1 Å². The fourth-order valence-electron chi connectivity index (χ4n) is 5.78. The van der Waals surface area contributed by atoms with Crippen LogP contribution in [0.3, 0.4) is 0 Å². The summed E-state index contributed by atoms with van der Waals surface area (Å²) in [5.41, 5.74) is 3.65. The number of carbonyl (C=O) groups excluding carboxylic acids is 3. The molecule has 0 unspecified atom stereocenters. The summed E-state index contributed by atoms with van der Waals surface area (Å²) >= 11 is 1.52. The highest BCUT2D eigenvalue weighted by Gasteiger charge is 2.39. The van der Waals surface area contributed by atoms with E-state index in [2.05, 4.69) is 15.7 Å². The van der Waals surface area contributed by atoms with Crippen molar-refractivity contribution in [2.24, 2.45) is 0 Å². The maximum atomic E-state index is 13.7. The van der Waals surface area contributed by atoms with E-state index in [9.17, 15) is 14.4 Å². The van der Waals surface area contributed by atoms with Crippen molar-refractivity contribution >= 4 is 29.1 Å². The first-order valence-electron chi connectivity index (χ1n) is 14.3. The van der Waals surface area contributed by atoms with Gasteiger partial charge in [-0.05, 0) is 66.0 Å². The third-order valence-electron chi connectivity index (χ3n) is 7.94. The van der Waals surface area contributed by atoms with Crippen LogP contribution in [-0.2, 0) is 33.7 Å². The Morgan fingerprint density at radius 1 is 1.14 bits per heavy atom. The first-order chi connectivity index (χ1) is 20.5. The molecule has 1 aliphatic carbocycles. The van der Waals surface area contributed by atoms with Crippen LogP contribution < -0.4 is 10.1 Å². The number of aromatic nitrogens is 1. The maximum Gasteiger partial charge on any atom is 0.264 e. The zero-order chi connectivity index (χ0) is 29.1. The Morgan fingerprint density at radius 2 is 2.02 bits per heavy atom. The molecule has 2 aliphatic heterocycles. The van der Waals surface area contributed by atoms with Gasteiger partial charge in [0.2, 0.25) is 5.91 Å². The zero-order valence-electron chi connectivity index (χ0n) is 23.5. The minimum Gasteiger partial charge on any atom is -0.456 e. The van der Waals surface area contributed by atoms with Crippen LogP contribution in [0.4, 0.5) is 0 Å². The van der Waals surface area contributed by atoms with Gasteiger partial charge in [0.1, 0.15) is 11.5 Å². The van der Waals surface area contributed by atoms with Crippen LogP contribution in [0.1, 0.15) is 49.6 Å². The Bertz CT molecular complexity index is 1480.